The maximum atomic E-state index is 10.1. The van der Waals surface area contributed by atoms with E-state index in [1.165, 1.54) is 11.1 Å². The van der Waals surface area contributed by atoms with Gasteiger partial charge in [-0.2, -0.15) is 0 Å². The number of methoxy groups -OCH3 is 1. The van der Waals surface area contributed by atoms with Gasteiger partial charge in [-0.05, 0) is 36.1 Å². The van der Waals surface area contributed by atoms with Crippen LogP contribution in [0.2, 0.25) is 0 Å². The highest BCUT2D eigenvalue weighted by Crippen LogP contribution is 2.49. The Morgan fingerprint density at radius 2 is 1.58 bits per heavy atom. The third kappa shape index (κ3) is 3.81. The molecule has 0 radical (unpaired) electrons. The Hall–Kier alpha value is 0.460. The number of thiocarbonyl (C=S) groups is 4. The quantitative estimate of drug-likeness (QED) is 0.618. The Kier molecular flexibility index (Phi) is 6.88. The average molecular weight is 461 g/mol. The maximum absolute atomic E-state index is 10.1. The molecule has 1 saturated heterocycles. The molecule has 1 heterocycles. The second kappa shape index (κ2) is 8.45. The molecule has 1 N–H and O–H groups in total. The van der Waals surface area contributed by atoms with Gasteiger partial charge in [0, 0.05) is 40.7 Å². The van der Waals surface area contributed by atoms with Crippen molar-refractivity contribution in [1.82, 2.24) is 0 Å². The van der Waals surface area contributed by atoms with Gasteiger partial charge in [0.15, 0.2) is 0 Å². The van der Waals surface area contributed by atoms with Crippen LogP contribution in [0, 0.1) is 0 Å². The Labute approximate surface area is 184 Å². The van der Waals surface area contributed by atoms with E-state index in [-0.39, 0.29) is 6.10 Å². The van der Waals surface area contributed by atoms with Crippen LogP contribution in [0.15, 0.2) is 22.3 Å². The van der Waals surface area contributed by atoms with E-state index < -0.39 is 6.10 Å². The minimum atomic E-state index is -0.750. The van der Waals surface area contributed by atoms with Crippen LogP contribution in [0.5, 0.6) is 0 Å². The summed E-state index contributed by atoms with van der Waals surface area (Å²) in [4.78, 5) is 2.93. The Bertz CT molecular complexity index is 766. The number of hydrogen-bond acceptors (Lipinski definition) is 8. The molecule has 2 aliphatic carbocycles. The van der Waals surface area contributed by atoms with Crippen molar-refractivity contribution in [3.8, 4) is 0 Å². The first-order valence-corrected chi connectivity index (χ1v) is 11.9. The first-order valence-electron chi connectivity index (χ1n) is 8.27. The molecule has 0 aromatic heterocycles. The van der Waals surface area contributed by atoms with E-state index in [4.69, 9.17) is 53.6 Å². The molecule has 0 aromatic rings. The van der Waals surface area contributed by atoms with Gasteiger partial charge in [0.1, 0.15) is 12.2 Å². The van der Waals surface area contributed by atoms with Gasteiger partial charge in [-0.3, -0.25) is 0 Å². The molecule has 1 fully saturated rings. The van der Waals surface area contributed by atoms with Crippen molar-refractivity contribution >= 4 is 91.9 Å². The van der Waals surface area contributed by atoms with Crippen LogP contribution in [0.4, 0.5) is 0 Å². The zero-order valence-corrected chi connectivity index (χ0v) is 19.6. The molecule has 0 saturated carbocycles. The van der Waals surface area contributed by atoms with Crippen molar-refractivity contribution in [2.75, 3.05) is 12.9 Å². The highest BCUT2D eigenvalue weighted by Gasteiger charge is 2.39. The lowest BCUT2D eigenvalue weighted by molar-refractivity contribution is 0.206. The lowest BCUT2D eigenvalue weighted by Crippen LogP contribution is -2.36. The van der Waals surface area contributed by atoms with E-state index in [0.29, 0.717) is 26.0 Å². The molecular formula is C18H20O2S6. The summed E-state index contributed by atoms with van der Waals surface area (Å²) in [6.07, 6.45) is 0.469. The number of thioether (sulfide) groups is 2. The number of ether oxygens (including phenoxy) is 1. The number of hydrogen-bond donors (Lipinski definition) is 1. The molecule has 8 heteroatoms. The fourth-order valence-electron chi connectivity index (χ4n) is 3.46. The van der Waals surface area contributed by atoms with Gasteiger partial charge >= 0.3 is 0 Å². The number of aliphatic hydroxyl groups is 1. The second-order valence-corrected chi connectivity index (χ2v) is 11.3. The molecule has 0 amide bonds. The SMILES string of the molecule is COC1C(=S)CC(C2CSC(C3=C(C)C(=S)C(O)C(=S)C3)S2)=C(C)C1=S. The molecule has 3 rings (SSSR count). The summed E-state index contributed by atoms with van der Waals surface area (Å²) in [5, 5.41) is 10.5. The summed E-state index contributed by atoms with van der Waals surface area (Å²) in [6, 6.07) is 0. The largest absolute Gasteiger partial charge is 0.382 e. The summed E-state index contributed by atoms with van der Waals surface area (Å²) in [6.45, 7) is 4.10. The summed E-state index contributed by atoms with van der Waals surface area (Å²) in [5.41, 5.74) is 4.80. The minimum Gasteiger partial charge on any atom is -0.382 e. The number of aliphatic hydroxyl groups excluding tert-OH is 1. The van der Waals surface area contributed by atoms with Crippen LogP contribution in [0.1, 0.15) is 26.7 Å². The van der Waals surface area contributed by atoms with Crippen molar-refractivity contribution < 1.29 is 9.84 Å². The highest BCUT2D eigenvalue weighted by atomic mass is 32.2. The number of rotatable bonds is 3. The fourth-order valence-corrected chi connectivity index (χ4v) is 8.56. The molecule has 3 aliphatic rings. The van der Waals surface area contributed by atoms with E-state index in [1.807, 2.05) is 30.4 Å². The predicted molar refractivity (Wildman–Crippen MR) is 129 cm³/mol. The van der Waals surface area contributed by atoms with Gasteiger partial charge in [-0.15, -0.1) is 23.5 Å². The van der Waals surface area contributed by atoms with E-state index in [1.54, 1.807) is 7.11 Å². The van der Waals surface area contributed by atoms with E-state index >= 15 is 0 Å². The molecule has 0 bridgehead atoms. The average Bonchev–Trinajstić information content (AvgIpc) is 3.09. The lowest BCUT2D eigenvalue weighted by Gasteiger charge is -2.30. The summed E-state index contributed by atoms with van der Waals surface area (Å²) in [5.74, 6) is 1.02. The van der Waals surface area contributed by atoms with Crippen molar-refractivity contribution in [2.45, 2.75) is 48.7 Å². The van der Waals surface area contributed by atoms with Gasteiger partial charge in [0.25, 0.3) is 0 Å². The molecule has 4 unspecified atom stereocenters. The van der Waals surface area contributed by atoms with Crippen molar-refractivity contribution in [2.24, 2.45) is 0 Å². The van der Waals surface area contributed by atoms with Crippen LogP contribution in [-0.2, 0) is 4.74 Å². The van der Waals surface area contributed by atoms with Crippen LogP contribution in [0.25, 0.3) is 0 Å². The minimum absolute atomic E-state index is 0.210. The topological polar surface area (TPSA) is 29.5 Å². The zero-order chi connectivity index (χ0) is 19.2. The Balaban J connectivity index is 1.82. The van der Waals surface area contributed by atoms with Crippen LogP contribution >= 0.6 is 72.4 Å². The van der Waals surface area contributed by atoms with Gasteiger partial charge in [-0.1, -0.05) is 48.9 Å². The second-order valence-electron chi connectivity index (χ2n) is 6.62. The van der Waals surface area contributed by atoms with E-state index in [9.17, 15) is 5.11 Å². The Morgan fingerprint density at radius 3 is 2.23 bits per heavy atom. The highest BCUT2D eigenvalue weighted by molar-refractivity contribution is 8.20. The van der Waals surface area contributed by atoms with Gasteiger partial charge < -0.3 is 9.84 Å². The summed E-state index contributed by atoms with van der Waals surface area (Å²) < 4.78 is 5.78. The van der Waals surface area contributed by atoms with E-state index in [0.717, 1.165) is 33.0 Å². The molecule has 140 valence electrons. The molecular weight excluding hydrogens is 441 g/mol. The third-order valence-electron chi connectivity index (χ3n) is 5.11. The normalized spacial score (nSPS) is 33.5. The van der Waals surface area contributed by atoms with Crippen LogP contribution in [0.3, 0.4) is 0 Å². The van der Waals surface area contributed by atoms with Crippen LogP contribution in [-0.4, -0.2) is 59.5 Å². The summed E-state index contributed by atoms with van der Waals surface area (Å²) in [7, 11) is 1.66. The molecule has 0 aromatic carbocycles. The van der Waals surface area contributed by atoms with Crippen molar-refractivity contribution in [3.05, 3.63) is 22.3 Å². The molecule has 26 heavy (non-hydrogen) atoms. The fraction of sp³-hybridized carbons (Fsp3) is 0.556. The van der Waals surface area contributed by atoms with Crippen molar-refractivity contribution in [1.29, 1.82) is 0 Å². The predicted octanol–water partition coefficient (Wildman–Crippen LogP) is 4.46. The van der Waals surface area contributed by atoms with Crippen molar-refractivity contribution in [3.63, 3.8) is 0 Å². The lowest BCUT2D eigenvalue weighted by atomic mass is 9.88. The monoisotopic (exact) mass is 460 g/mol. The maximum Gasteiger partial charge on any atom is 0.124 e. The van der Waals surface area contributed by atoms with E-state index in [2.05, 4.69) is 6.92 Å². The summed E-state index contributed by atoms with van der Waals surface area (Å²) >= 11 is 25.8. The smallest absolute Gasteiger partial charge is 0.124 e. The first kappa shape index (κ1) is 21.2. The van der Waals surface area contributed by atoms with Gasteiger partial charge in [0.05, 0.1) is 14.3 Å². The van der Waals surface area contributed by atoms with Crippen LogP contribution < -0.4 is 0 Å². The van der Waals surface area contributed by atoms with Gasteiger partial charge in [0.2, 0.25) is 0 Å². The first-order chi connectivity index (χ1) is 12.3. The molecule has 4 atom stereocenters. The zero-order valence-electron chi connectivity index (χ0n) is 14.7. The molecule has 0 spiro atoms. The Morgan fingerprint density at radius 1 is 0.962 bits per heavy atom. The standard InChI is InChI=1S/C18H20O2S6/c1-7-9(4-12(22)15(20-3)17(7)24)13-6-25-18(26-13)10-5-11(21)14(19)16(23)8(10)2/h13-15,18-19H,4-6H2,1-3H3. The van der Waals surface area contributed by atoms with Gasteiger partial charge in [-0.25, -0.2) is 0 Å². The third-order valence-corrected chi connectivity index (χ3v) is 10.3. The molecule has 1 aliphatic heterocycles. The molecule has 2 nitrogen and oxygen atoms in total.